The first-order chi connectivity index (χ1) is 13.0. The molecular weight excluding hydrogens is 372 g/mol. The lowest BCUT2D eigenvalue weighted by Crippen LogP contribution is -2.47. The summed E-state index contributed by atoms with van der Waals surface area (Å²) in [5, 5.41) is 50.0. The van der Waals surface area contributed by atoms with E-state index in [0.717, 1.165) is 16.9 Å². The van der Waals surface area contributed by atoms with E-state index < -0.39 is 24.6 Å². The summed E-state index contributed by atoms with van der Waals surface area (Å²) >= 11 is 1.50. The monoisotopic (exact) mass is 398 g/mol. The highest BCUT2D eigenvalue weighted by Gasteiger charge is 2.33. The number of phenols is 1. The molecule has 150 valence electrons. The number of rotatable bonds is 11. The fourth-order valence-corrected chi connectivity index (χ4v) is 3.42. The van der Waals surface area contributed by atoms with Gasteiger partial charge in [-0.1, -0.05) is 12.1 Å². The summed E-state index contributed by atoms with van der Waals surface area (Å²) in [6.07, 6.45) is -4.08. The molecular formula is C19H26O7S. The van der Waals surface area contributed by atoms with Crippen molar-refractivity contribution in [3.05, 3.63) is 46.2 Å². The summed E-state index contributed by atoms with van der Waals surface area (Å²) in [6.45, 7) is -0.310. The Balaban J connectivity index is 1.99. The maximum absolute atomic E-state index is 10.2. The number of aliphatic hydroxyl groups is 4. The van der Waals surface area contributed by atoms with Crippen LogP contribution in [0, 0.1) is 0 Å². The molecule has 0 amide bonds. The summed E-state index contributed by atoms with van der Waals surface area (Å²) in [5.41, 5.74) is 1.07. The van der Waals surface area contributed by atoms with Crippen molar-refractivity contribution in [2.45, 2.75) is 43.9 Å². The summed E-state index contributed by atoms with van der Waals surface area (Å²) < 4.78 is 10.9. The maximum Gasteiger partial charge on any atom is 0.228 e. The third kappa shape index (κ3) is 6.17. The molecule has 1 heterocycles. The molecule has 7 nitrogen and oxygen atoms in total. The van der Waals surface area contributed by atoms with Gasteiger partial charge in [-0.15, -0.1) is 11.3 Å². The largest absolute Gasteiger partial charge is 0.508 e. The molecule has 0 bridgehead atoms. The number of hydrogen-bond acceptors (Lipinski definition) is 8. The molecule has 0 aliphatic carbocycles. The molecule has 8 heteroatoms. The fraction of sp³-hybridized carbons (Fsp3) is 0.474. The molecule has 4 atom stereocenters. The van der Waals surface area contributed by atoms with Gasteiger partial charge in [0.25, 0.3) is 0 Å². The molecule has 5 N–H and O–H groups in total. The lowest BCUT2D eigenvalue weighted by molar-refractivity contribution is -0.179. The van der Waals surface area contributed by atoms with Crippen molar-refractivity contribution in [2.24, 2.45) is 0 Å². The molecule has 1 aromatic carbocycles. The van der Waals surface area contributed by atoms with E-state index in [1.807, 2.05) is 17.5 Å². The molecule has 0 saturated carbocycles. The lowest BCUT2D eigenvalue weighted by Gasteiger charge is -2.28. The van der Waals surface area contributed by atoms with Crippen molar-refractivity contribution in [3.8, 4) is 11.5 Å². The number of aliphatic hydroxyl groups excluding tert-OH is 4. The van der Waals surface area contributed by atoms with Crippen LogP contribution in [0.4, 0.5) is 0 Å². The molecule has 0 radical (unpaired) electrons. The topological polar surface area (TPSA) is 120 Å². The maximum atomic E-state index is 10.2. The van der Waals surface area contributed by atoms with Gasteiger partial charge >= 0.3 is 0 Å². The van der Waals surface area contributed by atoms with Crippen LogP contribution in [0.5, 0.6) is 11.5 Å². The number of ether oxygens (including phenoxy) is 2. The van der Waals surface area contributed by atoms with Crippen LogP contribution in [-0.4, -0.2) is 63.9 Å². The number of phenolic OH excluding ortho intramolecular Hbond substituents is 1. The van der Waals surface area contributed by atoms with Crippen LogP contribution in [0.15, 0.2) is 35.7 Å². The first kappa shape index (κ1) is 21.6. The molecule has 2 rings (SSSR count). The van der Waals surface area contributed by atoms with Gasteiger partial charge < -0.3 is 35.0 Å². The highest BCUT2D eigenvalue weighted by molar-refractivity contribution is 7.10. The van der Waals surface area contributed by atoms with E-state index in [0.29, 0.717) is 12.2 Å². The number of hydrogen-bond donors (Lipinski definition) is 5. The van der Waals surface area contributed by atoms with E-state index in [9.17, 15) is 20.4 Å². The Morgan fingerprint density at radius 3 is 2.33 bits per heavy atom. The fourth-order valence-electron chi connectivity index (χ4n) is 2.61. The number of thiophene rings is 1. The minimum atomic E-state index is -1.51. The molecule has 4 unspecified atom stereocenters. The van der Waals surface area contributed by atoms with Gasteiger partial charge in [0.15, 0.2) is 0 Å². The van der Waals surface area contributed by atoms with E-state index in [1.54, 1.807) is 18.2 Å². The van der Waals surface area contributed by atoms with Gasteiger partial charge in [-0.05, 0) is 48.4 Å². The number of aryl methyl sites for hydroxylation is 2. The molecule has 0 saturated heterocycles. The van der Waals surface area contributed by atoms with E-state index in [-0.39, 0.29) is 18.8 Å². The van der Waals surface area contributed by atoms with Crippen LogP contribution in [0.25, 0.3) is 0 Å². The van der Waals surface area contributed by atoms with Crippen LogP contribution in [0.3, 0.4) is 0 Å². The van der Waals surface area contributed by atoms with E-state index in [4.69, 9.17) is 14.6 Å². The van der Waals surface area contributed by atoms with Gasteiger partial charge in [0.05, 0.1) is 6.10 Å². The summed E-state index contributed by atoms with van der Waals surface area (Å²) in [7, 11) is 1.33. The van der Waals surface area contributed by atoms with Gasteiger partial charge in [0, 0.05) is 18.6 Å². The second-order valence-electron chi connectivity index (χ2n) is 6.16. The Kier molecular flexibility index (Phi) is 8.49. The third-order valence-electron chi connectivity index (χ3n) is 4.20. The molecule has 0 fully saturated rings. The number of methoxy groups -OCH3 is 1. The van der Waals surface area contributed by atoms with Crippen molar-refractivity contribution in [1.29, 1.82) is 0 Å². The molecule has 27 heavy (non-hydrogen) atoms. The summed E-state index contributed by atoms with van der Waals surface area (Å²) in [6, 6.07) is 8.73. The Morgan fingerprint density at radius 1 is 1.00 bits per heavy atom. The summed E-state index contributed by atoms with van der Waals surface area (Å²) in [5.74, 6) is 0.756. The SMILES string of the molecule is COC(Oc1ccsc1CCc1ccc(O)cc1)C(O)C(O)C(O)CCO. The molecule has 0 spiro atoms. The standard InChI is InChI=1S/C19H26O7S/c1-25-19(18(24)17(23)14(22)8-10-20)26-15-9-11-27-16(15)7-4-12-2-5-13(21)6-3-12/h2-3,5-6,9,11,14,17-24H,4,7-8,10H2,1H3. The smallest absolute Gasteiger partial charge is 0.228 e. The van der Waals surface area contributed by atoms with Gasteiger partial charge in [-0.25, -0.2) is 0 Å². The van der Waals surface area contributed by atoms with E-state index in [1.165, 1.54) is 18.4 Å². The predicted octanol–water partition coefficient (Wildman–Crippen LogP) is 1.06. The average molecular weight is 398 g/mol. The lowest BCUT2D eigenvalue weighted by atomic mass is 10.1. The zero-order valence-electron chi connectivity index (χ0n) is 15.1. The van der Waals surface area contributed by atoms with Gasteiger partial charge in [-0.2, -0.15) is 0 Å². The molecule has 1 aromatic heterocycles. The Hall–Kier alpha value is -1.68. The second kappa shape index (κ2) is 10.6. The zero-order valence-corrected chi connectivity index (χ0v) is 15.9. The van der Waals surface area contributed by atoms with Crippen LogP contribution >= 0.6 is 11.3 Å². The normalized spacial score (nSPS) is 15.9. The van der Waals surface area contributed by atoms with Crippen molar-refractivity contribution in [2.75, 3.05) is 13.7 Å². The van der Waals surface area contributed by atoms with Crippen LogP contribution in [0.2, 0.25) is 0 Å². The number of benzene rings is 1. The van der Waals surface area contributed by atoms with Crippen LogP contribution < -0.4 is 4.74 Å². The van der Waals surface area contributed by atoms with Crippen molar-refractivity contribution in [1.82, 2.24) is 0 Å². The van der Waals surface area contributed by atoms with Gasteiger partial charge in [0.2, 0.25) is 6.29 Å². The van der Waals surface area contributed by atoms with Crippen LogP contribution in [-0.2, 0) is 17.6 Å². The quantitative estimate of drug-likeness (QED) is 0.359. The Morgan fingerprint density at radius 2 is 1.70 bits per heavy atom. The molecule has 2 aromatic rings. The highest BCUT2D eigenvalue weighted by atomic mass is 32.1. The third-order valence-corrected chi connectivity index (χ3v) is 5.17. The van der Waals surface area contributed by atoms with Crippen molar-refractivity contribution < 1.29 is 35.0 Å². The summed E-state index contributed by atoms with van der Waals surface area (Å²) in [4.78, 5) is 0.947. The Bertz CT molecular complexity index is 673. The average Bonchev–Trinajstić information content (AvgIpc) is 3.11. The Labute approximate surface area is 162 Å². The molecule has 0 aliphatic rings. The van der Waals surface area contributed by atoms with Crippen molar-refractivity contribution in [3.63, 3.8) is 0 Å². The van der Waals surface area contributed by atoms with E-state index >= 15 is 0 Å². The van der Waals surface area contributed by atoms with Gasteiger partial charge in [-0.3, -0.25) is 0 Å². The zero-order chi connectivity index (χ0) is 19.8. The second-order valence-corrected chi connectivity index (χ2v) is 7.16. The minimum Gasteiger partial charge on any atom is -0.508 e. The number of aromatic hydroxyl groups is 1. The van der Waals surface area contributed by atoms with E-state index in [2.05, 4.69) is 0 Å². The highest BCUT2D eigenvalue weighted by Crippen LogP contribution is 2.28. The van der Waals surface area contributed by atoms with Gasteiger partial charge in [0.1, 0.15) is 23.7 Å². The van der Waals surface area contributed by atoms with Crippen molar-refractivity contribution >= 4 is 11.3 Å². The predicted molar refractivity (Wildman–Crippen MR) is 101 cm³/mol. The minimum absolute atomic E-state index is 0.0645. The van der Waals surface area contributed by atoms with Crippen LogP contribution in [0.1, 0.15) is 16.9 Å². The first-order valence-corrected chi connectivity index (χ1v) is 9.53. The first-order valence-electron chi connectivity index (χ1n) is 8.65. The molecule has 0 aliphatic heterocycles.